The second-order valence-corrected chi connectivity index (χ2v) is 7.89. The van der Waals surface area contributed by atoms with Gasteiger partial charge in [-0.3, -0.25) is 14.7 Å². The molecule has 7 heteroatoms. The zero-order valence-electron chi connectivity index (χ0n) is 19.5. The summed E-state index contributed by atoms with van der Waals surface area (Å²) in [5.41, 5.74) is 3.02. The highest BCUT2D eigenvalue weighted by atomic mass is 16.6. The standard InChI is InChI=1S/C25H34N2O5/c1-5-20-10-11-22(26-15-20)12-13-31-23-9-7-8-21(14-23)16-27(17-24(28)30-6-2)25(29)32-18-19(3)4/h7-11,14-15,19H,5-6,12-13,16-18H2,1-4H3. The summed E-state index contributed by atoms with van der Waals surface area (Å²) >= 11 is 0. The Hall–Kier alpha value is -3.09. The van der Waals surface area contributed by atoms with Crippen LogP contribution in [0.2, 0.25) is 0 Å². The van der Waals surface area contributed by atoms with E-state index in [4.69, 9.17) is 14.2 Å². The first kappa shape index (κ1) is 25.2. The van der Waals surface area contributed by atoms with Gasteiger partial charge in [-0.15, -0.1) is 0 Å². The molecule has 0 aliphatic rings. The van der Waals surface area contributed by atoms with Gasteiger partial charge in [-0.25, -0.2) is 4.79 Å². The van der Waals surface area contributed by atoms with Gasteiger partial charge >= 0.3 is 12.1 Å². The van der Waals surface area contributed by atoms with Gasteiger partial charge in [0.1, 0.15) is 12.3 Å². The molecule has 2 aromatic rings. The highest BCUT2D eigenvalue weighted by Crippen LogP contribution is 2.16. The summed E-state index contributed by atoms with van der Waals surface area (Å²) in [7, 11) is 0. The number of ether oxygens (including phenoxy) is 3. The number of esters is 1. The summed E-state index contributed by atoms with van der Waals surface area (Å²) in [5.74, 6) is 0.426. The maximum absolute atomic E-state index is 12.5. The maximum atomic E-state index is 12.5. The SMILES string of the molecule is CCOC(=O)CN(Cc1cccc(OCCc2ccc(CC)cn2)c1)C(=O)OCC(C)C. The minimum atomic E-state index is -0.542. The van der Waals surface area contributed by atoms with E-state index in [0.717, 1.165) is 17.7 Å². The van der Waals surface area contributed by atoms with Crippen LogP contribution in [0, 0.1) is 5.92 Å². The highest BCUT2D eigenvalue weighted by molar-refractivity contribution is 5.78. The number of hydrogen-bond donors (Lipinski definition) is 0. The lowest BCUT2D eigenvalue weighted by Crippen LogP contribution is -2.37. The minimum absolute atomic E-state index is 0.171. The van der Waals surface area contributed by atoms with E-state index in [1.54, 1.807) is 6.92 Å². The third kappa shape index (κ3) is 8.96. The van der Waals surface area contributed by atoms with Crippen molar-refractivity contribution in [1.29, 1.82) is 0 Å². The molecule has 1 amide bonds. The summed E-state index contributed by atoms with van der Waals surface area (Å²) in [5, 5.41) is 0. The fraction of sp³-hybridized carbons (Fsp3) is 0.480. The van der Waals surface area contributed by atoms with Crippen molar-refractivity contribution < 1.29 is 23.8 Å². The normalized spacial score (nSPS) is 10.7. The number of hydrogen-bond acceptors (Lipinski definition) is 6. The van der Waals surface area contributed by atoms with Crippen molar-refractivity contribution in [2.75, 3.05) is 26.4 Å². The number of nitrogens with zero attached hydrogens (tertiary/aromatic N) is 2. The van der Waals surface area contributed by atoms with E-state index in [1.807, 2.05) is 50.4 Å². The molecule has 2 rings (SSSR count). The van der Waals surface area contributed by atoms with Crippen LogP contribution in [0.1, 0.15) is 44.5 Å². The molecule has 0 unspecified atom stereocenters. The van der Waals surface area contributed by atoms with Gasteiger partial charge in [0, 0.05) is 24.9 Å². The van der Waals surface area contributed by atoms with E-state index in [2.05, 4.69) is 18.0 Å². The third-order valence-electron chi connectivity index (χ3n) is 4.62. The topological polar surface area (TPSA) is 78.0 Å². The van der Waals surface area contributed by atoms with Crippen molar-refractivity contribution in [3.8, 4) is 5.75 Å². The molecular weight excluding hydrogens is 408 g/mol. The molecule has 0 saturated carbocycles. The van der Waals surface area contributed by atoms with E-state index < -0.39 is 12.1 Å². The second kappa shape index (κ2) is 13.3. The zero-order chi connectivity index (χ0) is 23.3. The van der Waals surface area contributed by atoms with Gasteiger partial charge in [-0.05, 0) is 48.6 Å². The minimum Gasteiger partial charge on any atom is -0.493 e. The molecule has 0 bridgehead atoms. The fourth-order valence-electron chi connectivity index (χ4n) is 2.92. The van der Waals surface area contributed by atoms with Crippen LogP contribution in [-0.4, -0.2) is 48.3 Å². The van der Waals surface area contributed by atoms with Gasteiger partial charge in [0.2, 0.25) is 0 Å². The average Bonchev–Trinajstić information content (AvgIpc) is 2.78. The Morgan fingerprint density at radius 3 is 2.53 bits per heavy atom. The first-order chi connectivity index (χ1) is 15.4. The van der Waals surface area contributed by atoms with Gasteiger partial charge in [0.15, 0.2) is 0 Å². The summed E-state index contributed by atoms with van der Waals surface area (Å²) in [6, 6.07) is 11.6. The van der Waals surface area contributed by atoms with E-state index in [9.17, 15) is 9.59 Å². The Balaban J connectivity index is 1.97. The Labute approximate surface area is 190 Å². The van der Waals surface area contributed by atoms with E-state index in [0.29, 0.717) is 18.8 Å². The lowest BCUT2D eigenvalue weighted by atomic mass is 10.2. The van der Waals surface area contributed by atoms with Crippen molar-refractivity contribution >= 4 is 12.1 Å². The largest absolute Gasteiger partial charge is 0.493 e. The van der Waals surface area contributed by atoms with Crippen LogP contribution in [0.15, 0.2) is 42.6 Å². The van der Waals surface area contributed by atoms with Gasteiger partial charge in [-0.2, -0.15) is 0 Å². The fourth-order valence-corrected chi connectivity index (χ4v) is 2.92. The molecule has 0 aliphatic heterocycles. The quantitative estimate of drug-likeness (QED) is 0.453. The molecular formula is C25H34N2O5. The van der Waals surface area contributed by atoms with E-state index in [-0.39, 0.29) is 32.2 Å². The third-order valence-corrected chi connectivity index (χ3v) is 4.62. The van der Waals surface area contributed by atoms with Crippen molar-refractivity contribution in [2.24, 2.45) is 5.92 Å². The van der Waals surface area contributed by atoms with Crippen LogP contribution >= 0.6 is 0 Å². The maximum Gasteiger partial charge on any atom is 0.410 e. The number of amides is 1. The average molecular weight is 443 g/mol. The molecule has 0 atom stereocenters. The summed E-state index contributed by atoms with van der Waals surface area (Å²) in [4.78, 5) is 30.3. The van der Waals surface area contributed by atoms with E-state index >= 15 is 0 Å². The molecule has 174 valence electrons. The predicted molar refractivity (Wildman–Crippen MR) is 122 cm³/mol. The zero-order valence-corrected chi connectivity index (χ0v) is 19.5. The van der Waals surface area contributed by atoms with Crippen molar-refractivity contribution in [1.82, 2.24) is 9.88 Å². The number of carbonyl (C=O) groups excluding carboxylic acids is 2. The van der Waals surface area contributed by atoms with Crippen molar-refractivity contribution in [3.63, 3.8) is 0 Å². The lowest BCUT2D eigenvalue weighted by Gasteiger charge is -2.22. The molecule has 7 nitrogen and oxygen atoms in total. The molecule has 1 aromatic carbocycles. The molecule has 0 fully saturated rings. The first-order valence-corrected chi connectivity index (χ1v) is 11.1. The highest BCUT2D eigenvalue weighted by Gasteiger charge is 2.20. The predicted octanol–water partition coefficient (Wildman–Crippen LogP) is 4.42. The number of rotatable bonds is 12. The van der Waals surface area contributed by atoms with Crippen LogP contribution in [0.4, 0.5) is 4.79 Å². The Morgan fingerprint density at radius 2 is 1.88 bits per heavy atom. The smallest absolute Gasteiger partial charge is 0.410 e. The summed E-state index contributed by atoms with van der Waals surface area (Å²) in [6.45, 7) is 8.82. The van der Waals surface area contributed by atoms with Crippen molar-refractivity contribution in [3.05, 3.63) is 59.4 Å². The first-order valence-electron chi connectivity index (χ1n) is 11.1. The molecule has 0 spiro atoms. The molecule has 0 radical (unpaired) electrons. The van der Waals surface area contributed by atoms with Crippen LogP contribution in [0.3, 0.4) is 0 Å². The van der Waals surface area contributed by atoms with Crippen LogP contribution in [-0.2, 0) is 33.7 Å². The number of aromatic nitrogens is 1. The van der Waals surface area contributed by atoms with E-state index in [1.165, 1.54) is 10.5 Å². The number of pyridine rings is 1. The monoisotopic (exact) mass is 442 g/mol. The molecule has 0 aliphatic carbocycles. The number of carbonyl (C=O) groups is 2. The number of aryl methyl sites for hydroxylation is 1. The van der Waals surface area contributed by atoms with Gasteiger partial charge in [0.05, 0.1) is 19.8 Å². The lowest BCUT2D eigenvalue weighted by molar-refractivity contribution is -0.144. The van der Waals surface area contributed by atoms with Crippen molar-refractivity contribution in [2.45, 2.75) is 47.1 Å². The van der Waals surface area contributed by atoms with Crippen LogP contribution < -0.4 is 4.74 Å². The number of benzene rings is 1. The molecule has 0 saturated heterocycles. The molecule has 0 N–H and O–H groups in total. The Bertz CT molecular complexity index is 852. The van der Waals surface area contributed by atoms with Gasteiger partial charge < -0.3 is 14.2 Å². The Kier molecular flexibility index (Phi) is 10.5. The Morgan fingerprint density at radius 1 is 1.06 bits per heavy atom. The molecule has 1 heterocycles. The van der Waals surface area contributed by atoms with Crippen LogP contribution in [0.25, 0.3) is 0 Å². The molecule has 1 aromatic heterocycles. The summed E-state index contributed by atoms with van der Waals surface area (Å²) in [6.07, 6.45) is 3.02. The molecule has 32 heavy (non-hydrogen) atoms. The van der Waals surface area contributed by atoms with Gasteiger partial charge in [0.25, 0.3) is 0 Å². The summed E-state index contributed by atoms with van der Waals surface area (Å²) < 4.78 is 16.2. The van der Waals surface area contributed by atoms with Gasteiger partial charge in [-0.1, -0.05) is 39.0 Å². The van der Waals surface area contributed by atoms with Crippen LogP contribution in [0.5, 0.6) is 5.75 Å². The second-order valence-electron chi connectivity index (χ2n) is 7.89.